The van der Waals surface area contributed by atoms with Gasteiger partial charge in [0.2, 0.25) is 5.91 Å². The molecule has 0 bridgehead atoms. The van der Waals surface area contributed by atoms with Gasteiger partial charge in [0.05, 0.1) is 39.9 Å². The number of rotatable bonds is 34. The molecule has 45 heavy (non-hydrogen) atoms. The second kappa shape index (κ2) is 29.6. The minimum Gasteiger partial charge on any atom is -0.756 e. The normalized spacial score (nSPS) is 14.7. The zero-order valence-corrected chi connectivity index (χ0v) is 31.2. The minimum absolute atomic E-state index is 0.0154. The number of nitrogens with zero attached hydrogens (tertiary/aromatic N) is 1. The molecule has 0 aliphatic rings. The van der Waals surface area contributed by atoms with Gasteiger partial charge in [0.15, 0.2) is 0 Å². The van der Waals surface area contributed by atoms with Gasteiger partial charge in [-0.1, -0.05) is 155 Å². The highest BCUT2D eigenvalue weighted by Gasteiger charge is 2.24. The van der Waals surface area contributed by atoms with Crippen molar-refractivity contribution < 1.29 is 32.9 Å². The number of amides is 1. The molecular formula is C36H75N2O6P. The van der Waals surface area contributed by atoms with E-state index < -0.39 is 20.0 Å². The highest BCUT2D eigenvalue weighted by Crippen LogP contribution is 2.38. The van der Waals surface area contributed by atoms with Gasteiger partial charge in [-0.25, -0.2) is 0 Å². The average molecular weight is 663 g/mol. The van der Waals surface area contributed by atoms with Crippen LogP contribution in [0.4, 0.5) is 0 Å². The lowest BCUT2D eigenvalue weighted by molar-refractivity contribution is -0.870. The number of hydrogen-bond acceptors (Lipinski definition) is 6. The van der Waals surface area contributed by atoms with Gasteiger partial charge in [0.1, 0.15) is 13.2 Å². The van der Waals surface area contributed by atoms with E-state index in [1.54, 1.807) is 0 Å². The number of carbonyl (C=O) groups excluding carboxylic acids is 1. The van der Waals surface area contributed by atoms with Crippen molar-refractivity contribution in [3.63, 3.8) is 0 Å². The maximum atomic E-state index is 12.7. The quantitative estimate of drug-likeness (QED) is 0.0405. The number of phosphoric ester groups is 1. The van der Waals surface area contributed by atoms with E-state index >= 15 is 0 Å². The maximum absolute atomic E-state index is 12.7. The van der Waals surface area contributed by atoms with E-state index in [0.717, 1.165) is 38.5 Å². The van der Waals surface area contributed by atoms with Crippen molar-refractivity contribution in [3.05, 3.63) is 0 Å². The van der Waals surface area contributed by atoms with Crippen LogP contribution in [-0.4, -0.2) is 68.5 Å². The summed E-state index contributed by atoms with van der Waals surface area (Å²) in [7, 11) is 1.31. The monoisotopic (exact) mass is 663 g/mol. The zero-order chi connectivity index (χ0) is 33.7. The summed E-state index contributed by atoms with van der Waals surface area (Å²) in [5.74, 6) is -0.168. The molecule has 0 aromatic heterocycles. The number of phosphoric acid groups is 1. The molecule has 1 amide bonds. The largest absolute Gasteiger partial charge is 0.756 e. The highest BCUT2D eigenvalue weighted by atomic mass is 31.2. The number of aliphatic hydroxyl groups is 1. The molecule has 0 saturated carbocycles. The van der Waals surface area contributed by atoms with E-state index in [0.29, 0.717) is 23.9 Å². The maximum Gasteiger partial charge on any atom is 0.268 e. The molecule has 0 rings (SSSR count). The number of hydrogen-bond donors (Lipinski definition) is 2. The summed E-state index contributed by atoms with van der Waals surface area (Å²) in [4.78, 5) is 25.1. The van der Waals surface area contributed by atoms with Crippen molar-refractivity contribution in [1.29, 1.82) is 0 Å². The highest BCUT2D eigenvalue weighted by molar-refractivity contribution is 7.45. The van der Waals surface area contributed by atoms with E-state index in [9.17, 15) is 19.4 Å². The van der Waals surface area contributed by atoms with Gasteiger partial charge in [0.25, 0.3) is 7.82 Å². The SMILES string of the molecule is CCCCCCCCCCCCCCCCC(O)C(COP(=O)([O-])OCC[N+](C)(C)C)NC(=O)CCCCCCCCCCC. The Balaban J connectivity index is 4.44. The summed E-state index contributed by atoms with van der Waals surface area (Å²) in [5, 5.41) is 13.8. The number of nitrogens with one attached hydrogen (secondary N) is 1. The standard InChI is InChI=1S/C36H75N2O6P/c1-6-8-10-12-14-16-17-18-19-20-22-23-25-27-29-35(39)34(33-44-45(41,42)43-32-31-38(3,4)5)37-36(40)30-28-26-24-21-15-13-11-9-7-2/h34-35,39H,6-33H2,1-5H3,(H-,37,40,41,42). The van der Waals surface area contributed by atoms with Gasteiger partial charge >= 0.3 is 0 Å². The predicted octanol–water partition coefficient (Wildman–Crippen LogP) is 8.83. The Morgan fingerprint density at radius 1 is 0.689 bits per heavy atom. The molecule has 2 N–H and O–H groups in total. The number of unbranched alkanes of at least 4 members (excludes halogenated alkanes) is 21. The number of quaternary nitrogens is 1. The molecule has 0 fully saturated rings. The summed E-state index contributed by atoms with van der Waals surface area (Å²) < 4.78 is 23.1. The van der Waals surface area contributed by atoms with Crippen molar-refractivity contribution in [1.82, 2.24) is 5.32 Å². The molecule has 8 nitrogen and oxygen atoms in total. The van der Waals surface area contributed by atoms with Crippen LogP contribution in [0.5, 0.6) is 0 Å². The van der Waals surface area contributed by atoms with Crippen molar-refractivity contribution >= 4 is 13.7 Å². The average Bonchev–Trinajstić information content (AvgIpc) is 2.97. The molecule has 3 atom stereocenters. The Bertz CT molecular complexity index is 718. The van der Waals surface area contributed by atoms with Crippen LogP contribution >= 0.6 is 7.82 Å². The van der Waals surface area contributed by atoms with Crippen LogP contribution in [0, 0.1) is 0 Å². The summed E-state index contributed by atoms with van der Waals surface area (Å²) in [5.41, 5.74) is 0. The molecule has 0 aliphatic heterocycles. The first-order valence-corrected chi connectivity index (χ1v) is 20.3. The van der Waals surface area contributed by atoms with Crippen LogP contribution in [0.15, 0.2) is 0 Å². The van der Waals surface area contributed by atoms with Crippen LogP contribution in [0.25, 0.3) is 0 Å². The van der Waals surface area contributed by atoms with E-state index in [2.05, 4.69) is 19.2 Å². The van der Waals surface area contributed by atoms with Crippen LogP contribution in [-0.2, 0) is 18.4 Å². The Morgan fingerprint density at radius 2 is 1.09 bits per heavy atom. The molecular weight excluding hydrogens is 587 g/mol. The number of carbonyl (C=O) groups is 1. The Labute approximate surface area is 279 Å². The minimum atomic E-state index is -4.54. The van der Waals surface area contributed by atoms with Crippen molar-refractivity contribution in [2.24, 2.45) is 0 Å². The van der Waals surface area contributed by atoms with Crippen LogP contribution in [0.3, 0.4) is 0 Å². The topological polar surface area (TPSA) is 108 Å². The van der Waals surface area contributed by atoms with E-state index in [1.807, 2.05) is 21.1 Å². The molecule has 3 unspecified atom stereocenters. The summed E-state index contributed by atoms with van der Waals surface area (Å²) in [6.07, 6.45) is 28.1. The van der Waals surface area contributed by atoms with Gasteiger partial charge in [0, 0.05) is 6.42 Å². The molecule has 0 saturated heterocycles. The van der Waals surface area contributed by atoms with Gasteiger partial charge in [-0.05, 0) is 12.8 Å². The molecule has 0 aromatic rings. The number of aliphatic hydroxyl groups excluding tert-OH is 1. The molecule has 0 aliphatic carbocycles. The molecule has 0 spiro atoms. The predicted molar refractivity (Wildman–Crippen MR) is 187 cm³/mol. The Kier molecular flexibility index (Phi) is 29.3. The lowest BCUT2D eigenvalue weighted by Crippen LogP contribution is -2.46. The van der Waals surface area contributed by atoms with Crippen molar-refractivity contribution in [2.75, 3.05) is 40.9 Å². The van der Waals surface area contributed by atoms with Gasteiger partial charge in [-0.2, -0.15) is 0 Å². The molecule has 0 heterocycles. The third-order valence-corrected chi connectivity index (χ3v) is 9.56. The third kappa shape index (κ3) is 31.8. The van der Waals surface area contributed by atoms with Gasteiger partial charge in [-0.15, -0.1) is 0 Å². The van der Waals surface area contributed by atoms with Gasteiger partial charge < -0.3 is 28.8 Å². The smallest absolute Gasteiger partial charge is 0.268 e. The van der Waals surface area contributed by atoms with Crippen LogP contribution < -0.4 is 10.2 Å². The lowest BCUT2D eigenvalue weighted by atomic mass is 10.0. The first kappa shape index (κ1) is 44.5. The molecule has 0 radical (unpaired) electrons. The molecule has 270 valence electrons. The third-order valence-electron chi connectivity index (χ3n) is 8.60. The van der Waals surface area contributed by atoms with Crippen molar-refractivity contribution in [2.45, 2.75) is 187 Å². The summed E-state index contributed by atoms with van der Waals surface area (Å²) in [6, 6.07) is -0.790. The van der Waals surface area contributed by atoms with E-state index in [-0.39, 0.29) is 19.1 Å². The number of likely N-dealkylation sites (N-methyl/N-ethyl adjacent to an activating group) is 1. The molecule has 9 heteroatoms. The van der Waals surface area contributed by atoms with E-state index in [4.69, 9.17) is 9.05 Å². The zero-order valence-electron chi connectivity index (χ0n) is 30.3. The fraction of sp³-hybridized carbons (Fsp3) is 0.972. The van der Waals surface area contributed by atoms with Gasteiger partial charge in [-0.3, -0.25) is 9.36 Å². The Morgan fingerprint density at radius 3 is 1.51 bits per heavy atom. The second-order valence-electron chi connectivity index (χ2n) is 14.3. The van der Waals surface area contributed by atoms with Crippen LogP contribution in [0.1, 0.15) is 174 Å². The fourth-order valence-corrected chi connectivity index (χ4v) is 6.23. The lowest BCUT2D eigenvalue weighted by Gasteiger charge is -2.30. The van der Waals surface area contributed by atoms with E-state index in [1.165, 1.54) is 109 Å². The van der Waals surface area contributed by atoms with Crippen LogP contribution in [0.2, 0.25) is 0 Å². The first-order valence-electron chi connectivity index (χ1n) is 18.9. The van der Waals surface area contributed by atoms with Crippen molar-refractivity contribution in [3.8, 4) is 0 Å². The summed E-state index contributed by atoms with van der Waals surface area (Å²) >= 11 is 0. The molecule has 0 aromatic carbocycles. The fourth-order valence-electron chi connectivity index (χ4n) is 5.51. The first-order chi connectivity index (χ1) is 21.5. The summed E-state index contributed by atoms with van der Waals surface area (Å²) in [6.45, 7) is 4.68. The second-order valence-corrected chi connectivity index (χ2v) is 15.7. The Hall–Kier alpha value is -0.500.